The van der Waals surface area contributed by atoms with Gasteiger partial charge in [-0.25, -0.2) is 0 Å². The zero-order chi connectivity index (χ0) is 11.3. The van der Waals surface area contributed by atoms with E-state index in [4.69, 9.17) is 4.65 Å². The average Bonchev–Trinajstić information content (AvgIpc) is 2.18. The van der Waals surface area contributed by atoms with Gasteiger partial charge in [0.25, 0.3) is 0 Å². The third kappa shape index (κ3) is 4.06. The van der Waals surface area contributed by atoms with Crippen LogP contribution in [0.25, 0.3) is 0 Å². The SMILES string of the molecule is CC(C)COB(c1ccccc1)N(C)C. The van der Waals surface area contributed by atoms with E-state index in [0.29, 0.717) is 5.92 Å². The van der Waals surface area contributed by atoms with E-state index < -0.39 is 0 Å². The summed E-state index contributed by atoms with van der Waals surface area (Å²) in [6.45, 7) is 5.12. The molecule has 1 aromatic carbocycles. The first kappa shape index (κ1) is 12.3. The van der Waals surface area contributed by atoms with Crippen LogP contribution < -0.4 is 5.46 Å². The van der Waals surface area contributed by atoms with E-state index >= 15 is 0 Å². The van der Waals surface area contributed by atoms with Gasteiger partial charge in [0.05, 0.1) is 0 Å². The highest BCUT2D eigenvalue weighted by Gasteiger charge is 2.21. The van der Waals surface area contributed by atoms with Crippen molar-refractivity contribution in [1.29, 1.82) is 0 Å². The zero-order valence-electron chi connectivity index (χ0n) is 10.1. The normalized spacial score (nSPS) is 11.1. The van der Waals surface area contributed by atoms with Crippen molar-refractivity contribution in [3.8, 4) is 0 Å². The molecule has 0 saturated heterocycles. The standard InChI is InChI=1S/C12H20BNO/c1-11(2)10-15-13(14(3)4)12-8-6-5-7-9-12/h5-9,11H,10H2,1-4H3. The summed E-state index contributed by atoms with van der Waals surface area (Å²) in [4.78, 5) is 2.09. The van der Waals surface area contributed by atoms with Crippen molar-refractivity contribution in [3.05, 3.63) is 30.3 Å². The maximum absolute atomic E-state index is 5.88. The van der Waals surface area contributed by atoms with Gasteiger partial charge in [0.2, 0.25) is 0 Å². The van der Waals surface area contributed by atoms with Crippen LogP contribution in [0, 0.1) is 5.92 Å². The molecule has 0 amide bonds. The summed E-state index contributed by atoms with van der Waals surface area (Å²) >= 11 is 0. The Labute approximate surface area is 93.4 Å². The number of hydrogen-bond donors (Lipinski definition) is 0. The molecule has 0 radical (unpaired) electrons. The average molecular weight is 205 g/mol. The van der Waals surface area contributed by atoms with Gasteiger partial charge in [-0.3, -0.25) is 0 Å². The molecule has 15 heavy (non-hydrogen) atoms. The van der Waals surface area contributed by atoms with Crippen LogP contribution in [0.1, 0.15) is 13.8 Å². The summed E-state index contributed by atoms with van der Waals surface area (Å²) in [5.74, 6) is 0.566. The summed E-state index contributed by atoms with van der Waals surface area (Å²) in [6.07, 6.45) is 0. The molecule has 0 bridgehead atoms. The molecule has 0 fully saturated rings. The fraction of sp³-hybridized carbons (Fsp3) is 0.500. The van der Waals surface area contributed by atoms with E-state index in [1.807, 2.05) is 32.3 Å². The van der Waals surface area contributed by atoms with Crippen molar-refractivity contribution in [2.75, 3.05) is 20.7 Å². The molecule has 0 saturated carbocycles. The molecule has 0 unspecified atom stereocenters. The quantitative estimate of drug-likeness (QED) is 0.677. The fourth-order valence-electron chi connectivity index (χ4n) is 1.44. The van der Waals surface area contributed by atoms with Gasteiger partial charge < -0.3 is 9.47 Å². The second-order valence-electron chi connectivity index (χ2n) is 4.45. The van der Waals surface area contributed by atoms with Gasteiger partial charge in [-0.2, -0.15) is 0 Å². The topological polar surface area (TPSA) is 12.5 Å². The number of rotatable bonds is 5. The Kier molecular flexibility index (Phi) is 4.86. The molecule has 0 heterocycles. The van der Waals surface area contributed by atoms with Crippen LogP contribution in [0.4, 0.5) is 0 Å². The Hall–Kier alpha value is -0.795. The lowest BCUT2D eigenvalue weighted by atomic mass is 9.72. The molecule has 0 aliphatic rings. The largest absolute Gasteiger partial charge is 0.418 e. The fourth-order valence-corrected chi connectivity index (χ4v) is 1.44. The van der Waals surface area contributed by atoms with E-state index in [-0.39, 0.29) is 7.05 Å². The van der Waals surface area contributed by atoms with Crippen molar-refractivity contribution in [3.63, 3.8) is 0 Å². The maximum Gasteiger partial charge on any atom is 0.418 e. The van der Waals surface area contributed by atoms with Crippen LogP contribution in [0.3, 0.4) is 0 Å². The minimum atomic E-state index is 0.0635. The van der Waals surface area contributed by atoms with Gasteiger partial charge in [0.15, 0.2) is 0 Å². The highest BCUT2D eigenvalue weighted by atomic mass is 16.4. The third-order valence-electron chi connectivity index (χ3n) is 2.14. The molecule has 0 aliphatic heterocycles. The first-order valence-electron chi connectivity index (χ1n) is 5.44. The number of nitrogens with zero attached hydrogens (tertiary/aromatic N) is 1. The van der Waals surface area contributed by atoms with Crippen LogP contribution in [0.15, 0.2) is 30.3 Å². The van der Waals surface area contributed by atoms with Crippen LogP contribution in [-0.4, -0.2) is 32.6 Å². The summed E-state index contributed by atoms with van der Waals surface area (Å²) in [6, 6.07) is 10.3. The van der Waals surface area contributed by atoms with Crippen molar-refractivity contribution in [1.82, 2.24) is 4.81 Å². The number of benzene rings is 1. The Bertz CT molecular complexity index is 274. The lowest BCUT2D eigenvalue weighted by Gasteiger charge is -2.21. The molecule has 3 heteroatoms. The second-order valence-corrected chi connectivity index (χ2v) is 4.45. The van der Waals surface area contributed by atoms with Gasteiger partial charge in [-0.15, -0.1) is 0 Å². The van der Waals surface area contributed by atoms with E-state index in [2.05, 4.69) is 30.8 Å². The molecule has 0 N–H and O–H groups in total. The first-order valence-corrected chi connectivity index (χ1v) is 5.44. The molecule has 0 spiro atoms. The predicted molar refractivity (Wildman–Crippen MR) is 66.3 cm³/mol. The Morgan fingerprint density at radius 3 is 2.27 bits per heavy atom. The summed E-state index contributed by atoms with van der Waals surface area (Å²) in [5, 5.41) is 0. The molecular weight excluding hydrogens is 185 g/mol. The summed E-state index contributed by atoms with van der Waals surface area (Å²) in [5.41, 5.74) is 1.21. The Morgan fingerprint density at radius 2 is 1.80 bits per heavy atom. The van der Waals surface area contributed by atoms with Crippen molar-refractivity contribution >= 4 is 12.5 Å². The first-order chi connectivity index (χ1) is 7.11. The Balaban J connectivity index is 2.66. The minimum absolute atomic E-state index is 0.0635. The molecule has 1 aromatic rings. The van der Waals surface area contributed by atoms with Gasteiger partial charge in [-0.05, 0) is 25.5 Å². The smallest absolute Gasteiger partial charge is 0.417 e. The van der Waals surface area contributed by atoms with Crippen LogP contribution in [0.5, 0.6) is 0 Å². The highest BCUT2D eigenvalue weighted by Crippen LogP contribution is 1.98. The zero-order valence-corrected chi connectivity index (χ0v) is 10.1. The predicted octanol–water partition coefficient (Wildman–Crippen LogP) is 1.62. The third-order valence-corrected chi connectivity index (χ3v) is 2.14. The Morgan fingerprint density at radius 1 is 1.20 bits per heavy atom. The molecule has 0 atom stereocenters. The van der Waals surface area contributed by atoms with Crippen molar-refractivity contribution < 1.29 is 4.65 Å². The summed E-state index contributed by atoms with van der Waals surface area (Å²) in [7, 11) is 4.14. The lowest BCUT2D eigenvalue weighted by Crippen LogP contribution is -2.47. The molecule has 82 valence electrons. The van der Waals surface area contributed by atoms with Crippen LogP contribution >= 0.6 is 0 Å². The second kappa shape index (κ2) is 5.94. The van der Waals surface area contributed by atoms with Gasteiger partial charge in [0.1, 0.15) is 0 Å². The van der Waals surface area contributed by atoms with Gasteiger partial charge >= 0.3 is 7.05 Å². The summed E-state index contributed by atoms with van der Waals surface area (Å²) < 4.78 is 5.88. The molecule has 2 nitrogen and oxygen atoms in total. The monoisotopic (exact) mass is 205 g/mol. The number of hydrogen-bond acceptors (Lipinski definition) is 2. The minimum Gasteiger partial charge on any atom is -0.417 e. The van der Waals surface area contributed by atoms with E-state index in [9.17, 15) is 0 Å². The van der Waals surface area contributed by atoms with E-state index in [0.717, 1.165) is 6.61 Å². The van der Waals surface area contributed by atoms with E-state index in [1.165, 1.54) is 5.46 Å². The van der Waals surface area contributed by atoms with Gasteiger partial charge in [0, 0.05) is 6.61 Å². The molecular formula is C12H20BNO. The van der Waals surface area contributed by atoms with Crippen LogP contribution in [-0.2, 0) is 4.65 Å². The van der Waals surface area contributed by atoms with Crippen molar-refractivity contribution in [2.45, 2.75) is 13.8 Å². The van der Waals surface area contributed by atoms with E-state index in [1.54, 1.807) is 0 Å². The van der Waals surface area contributed by atoms with Crippen molar-refractivity contribution in [2.24, 2.45) is 5.92 Å². The van der Waals surface area contributed by atoms with Crippen LogP contribution in [0.2, 0.25) is 0 Å². The highest BCUT2D eigenvalue weighted by molar-refractivity contribution is 6.64. The van der Waals surface area contributed by atoms with Gasteiger partial charge in [-0.1, -0.05) is 44.2 Å². The molecule has 1 rings (SSSR count). The lowest BCUT2D eigenvalue weighted by molar-refractivity contribution is 0.252. The molecule has 0 aliphatic carbocycles. The molecule has 0 aromatic heterocycles. The maximum atomic E-state index is 5.88.